The Morgan fingerprint density at radius 3 is 2.72 bits per heavy atom. The molecular formula is C12H24N2O3S. The van der Waals surface area contributed by atoms with Crippen molar-refractivity contribution in [1.82, 2.24) is 4.31 Å². The third kappa shape index (κ3) is 5.04. The van der Waals surface area contributed by atoms with Crippen LogP contribution in [0.15, 0.2) is 0 Å². The maximum Gasteiger partial charge on any atom is 0.211 e. The van der Waals surface area contributed by atoms with Crippen LogP contribution in [0.2, 0.25) is 0 Å². The lowest BCUT2D eigenvalue weighted by Gasteiger charge is -2.30. The summed E-state index contributed by atoms with van der Waals surface area (Å²) >= 11 is 0. The van der Waals surface area contributed by atoms with Crippen LogP contribution < -0.4 is 5.73 Å². The molecule has 1 aliphatic heterocycles. The Kier molecular flexibility index (Phi) is 5.75. The van der Waals surface area contributed by atoms with Gasteiger partial charge in [0.1, 0.15) is 5.78 Å². The Morgan fingerprint density at radius 2 is 2.17 bits per heavy atom. The first kappa shape index (κ1) is 15.6. The highest BCUT2D eigenvalue weighted by atomic mass is 32.2. The molecule has 6 heteroatoms. The summed E-state index contributed by atoms with van der Waals surface area (Å²) in [5.41, 5.74) is 5.49. The predicted molar refractivity (Wildman–Crippen MR) is 71.6 cm³/mol. The molecule has 2 atom stereocenters. The van der Waals surface area contributed by atoms with E-state index < -0.39 is 10.0 Å². The molecule has 1 heterocycles. The highest BCUT2D eigenvalue weighted by Crippen LogP contribution is 2.22. The van der Waals surface area contributed by atoms with Crippen molar-refractivity contribution in [2.45, 2.75) is 32.6 Å². The van der Waals surface area contributed by atoms with Gasteiger partial charge in [0.15, 0.2) is 0 Å². The van der Waals surface area contributed by atoms with E-state index in [0.29, 0.717) is 32.5 Å². The molecule has 2 unspecified atom stereocenters. The lowest BCUT2D eigenvalue weighted by molar-refractivity contribution is -0.121. The van der Waals surface area contributed by atoms with E-state index in [-0.39, 0.29) is 17.6 Å². The van der Waals surface area contributed by atoms with E-state index in [4.69, 9.17) is 5.73 Å². The summed E-state index contributed by atoms with van der Waals surface area (Å²) in [7, 11) is -3.12. The van der Waals surface area contributed by atoms with Crippen LogP contribution in [0.3, 0.4) is 0 Å². The molecule has 0 aromatic carbocycles. The van der Waals surface area contributed by atoms with Crippen LogP contribution in [0.4, 0.5) is 0 Å². The summed E-state index contributed by atoms with van der Waals surface area (Å²) in [5.74, 6) is 0.589. The lowest BCUT2D eigenvalue weighted by Crippen LogP contribution is -2.39. The molecule has 0 aromatic rings. The summed E-state index contributed by atoms with van der Waals surface area (Å²) in [6.07, 6.45) is 4.00. The average molecular weight is 276 g/mol. The topological polar surface area (TPSA) is 80.5 Å². The first-order chi connectivity index (χ1) is 8.32. The van der Waals surface area contributed by atoms with Gasteiger partial charge in [-0.05, 0) is 31.2 Å². The van der Waals surface area contributed by atoms with Crippen LogP contribution in [0.1, 0.15) is 32.6 Å². The van der Waals surface area contributed by atoms with E-state index in [1.807, 2.05) is 6.92 Å². The number of carbonyl (C=O) groups excluding carboxylic acids is 1. The highest BCUT2D eigenvalue weighted by molar-refractivity contribution is 7.88. The maximum absolute atomic E-state index is 11.8. The third-order valence-corrected chi connectivity index (χ3v) is 4.72. The molecule has 1 fully saturated rings. The summed E-state index contributed by atoms with van der Waals surface area (Å²) in [5, 5.41) is 0. The number of carbonyl (C=O) groups is 1. The van der Waals surface area contributed by atoms with Crippen molar-refractivity contribution in [2.24, 2.45) is 17.6 Å². The summed E-state index contributed by atoms with van der Waals surface area (Å²) in [4.78, 5) is 11.8. The largest absolute Gasteiger partial charge is 0.330 e. The van der Waals surface area contributed by atoms with Gasteiger partial charge >= 0.3 is 0 Å². The molecule has 0 spiro atoms. The number of piperidine rings is 1. The first-order valence-corrected chi connectivity index (χ1v) is 8.34. The van der Waals surface area contributed by atoms with Gasteiger partial charge in [0.2, 0.25) is 10.0 Å². The van der Waals surface area contributed by atoms with Crippen LogP contribution in [0.25, 0.3) is 0 Å². The molecule has 18 heavy (non-hydrogen) atoms. The van der Waals surface area contributed by atoms with E-state index in [1.165, 1.54) is 10.6 Å². The fourth-order valence-corrected chi connectivity index (χ4v) is 3.31. The van der Waals surface area contributed by atoms with Gasteiger partial charge in [-0.1, -0.05) is 6.92 Å². The van der Waals surface area contributed by atoms with Gasteiger partial charge in [0.05, 0.1) is 6.26 Å². The number of nitrogens with zero attached hydrogens (tertiary/aromatic N) is 1. The number of ketones is 1. The fraction of sp³-hybridized carbons (Fsp3) is 0.917. The Hall–Kier alpha value is -0.460. The summed E-state index contributed by atoms with van der Waals surface area (Å²) in [6.45, 7) is 3.55. The highest BCUT2D eigenvalue weighted by Gasteiger charge is 2.27. The van der Waals surface area contributed by atoms with Crippen molar-refractivity contribution >= 4 is 15.8 Å². The van der Waals surface area contributed by atoms with Gasteiger partial charge in [0, 0.05) is 25.9 Å². The smallest absolute Gasteiger partial charge is 0.211 e. The molecule has 1 saturated heterocycles. The van der Waals surface area contributed by atoms with E-state index in [2.05, 4.69) is 0 Å². The monoisotopic (exact) mass is 276 g/mol. The second-order valence-electron chi connectivity index (χ2n) is 5.42. The SMILES string of the molecule is CC(CN)CC(=O)CC1CCCN(S(C)(=O)=O)C1. The van der Waals surface area contributed by atoms with Gasteiger partial charge in [-0.15, -0.1) is 0 Å². The van der Waals surface area contributed by atoms with Gasteiger partial charge in [-0.3, -0.25) is 4.79 Å². The summed E-state index contributed by atoms with van der Waals surface area (Å²) < 4.78 is 24.4. The quantitative estimate of drug-likeness (QED) is 0.770. The Morgan fingerprint density at radius 1 is 1.50 bits per heavy atom. The molecular weight excluding hydrogens is 252 g/mol. The minimum Gasteiger partial charge on any atom is -0.330 e. The number of Topliss-reactive ketones (excluding diaryl/α,β-unsaturated/α-hetero) is 1. The van der Waals surface area contributed by atoms with Gasteiger partial charge in [0.25, 0.3) is 0 Å². The Balaban J connectivity index is 2.45. The third-order valence-electron chi connectivity index (χ3n) is 3.45. The molecule has 0 radical (unpaired) electrons. The van der Waals surface area contributed by atoms with E-state index in [0.717, 1.165) is 12.8 Å². The van der Waals surface area contributed by atoms with Crippen molar-refractivity contribution in [1.29, 1.82) is 0 Å². The van der Waals surface area contributed by atoms with Crippen LogP contribution in [-0.2, 0) is 14.8 Å². The molecule has 5 nitrogen and oxygen atoms in total. The maximum atomic E-state index is 11.8. The molecule has 1 aliphatic rings. The predicted octanol–water partition coefficient (Wildman–Crippen LogP) is 0.602. The zero-order chi connectivity index (χ0) is 13.8. The molecule has 106 valence electrons. The Bertz CT molecular complexity index is 381. The summed E-state index contributed by atoms with van der Waals surface area (Å²) in [6, 6.07) is 0. The molecule has 2 N–H and O–H groups in total. The van der Waals surface area contributed by atoms with E-state index >= 15 is 0 Å². The van der Waals surface area contributed by atoms with Crippen LogP contribution >= 0.6 is 0 Å². The molecule has 0 saturated carbocycles. The molecule has 0 amide bonds. The minimum absolute atomic E-state index is 0.172. The minimum atomic E-state index is -3.12. The van der Waals surface area contributed by atoms with Crippen LogP contribution in [0, 0.1) is 11.8 Å². The Labute approximate surface area is 110 Å². The molecule has 0 aromatic heterocycles. The van der Waals surface area contributed by atoms with Crippen molar-refractivity contribution in [2.75, 3.05) is 25.9 Å². The average Bonchev–Trinajstić information content (AvgIpc) is 2.27. The fourth-order valence-electron chi connectivity index (χ4n) is 2.37. The van der Waals surface area contributed by atoms with Crippen molar-refractivity contribution in [3.63, 3.8) is 0 Å². The number of rotatable bonds is 6. The van der Waals surface area contributed by atoms with Gasteiger partial charge < -0.3 is 5.73 Å². The zero-order valence-electron chi connectivity index (χ0n) is 11.3. The number of nitrogens with two attached hydrogens (primary N) is 1. The van der Waals surface area contributed by atoms with E-state index in [1.54, 1.807) is 0 Å². The molecule has 1 rings (SSSR count). The van der Waals surface area contributed by atoms with Crippen molar-refractivity contribution in [3.05, 3.63) is 0 Å². The second-order valence-corrected chi connectivity index (χ2v) is 7.40. The molecule has 0 aliphatic carbocycles. The van der Waals surface area contributed by atoms with Crippen molar-refractivity contribution in [3.8, 4) is 0 Å². The normalized spacial score (nSPS) is 23.8. The van der Waals surface area contributed by atoms with Crippen LogP contribution in [0.5, 0.6) is 0 Å². The first-order valence-electron chi connectivity index (χ1n) is 6.49. The van der Waals surface area contributed by atoms with Gasteiger partial charge in [-0.2, -0.15) is 0 Å². The zero-order valence-corrected chi connectivity index (χ0v) is 12.1. The number of hydrogen-bond acceptors (Lipinski definition) is 4. The standard InChI is InChI=1S/C12H24N2O3S/c1-10(8-13)6-12(15)7-11-4-3-5-14(9-11)18(2,16)17/h10-11H,3-9,13H2,1-2H3. The number of hydrogen-bond donors (Lipinski definition) is 1. The van der Waals surface area contributed by atoms with Gasteiger partial charge in [-0.25, -0.2) is 12.7 Å². The van der Waals surface area contributed by atoms with E-state index in [9.17, 15) is 13.2 Å². The molecule has 0 bridgehead atoms. The van der Waals surface area contributed by atoms with Crippen molar-refractivity contribution < 1.29 is 13.2 Å². The van der Waals surface area contributed by atoms with Crippen LogP contribution in [-0.4, -0.2) is 44.4 Å². The lowest BCUT2D eigenvalue weighted by atomic mass is 9.91. The second kappa shape index (κ2) is 6.63. The number of sulfonamides is 1.